The monoisotopic (exact) mass is 509 g/mol. The van der Waals surface area contributed by atoms with Gasteiger partial charge in [0.15, 0.2) is 12.4 Å². The van der Waals surface area contributed by atoms with E-state index in [1.54, 1.807) is 30.3 Å². The number of rotatable bonds is 8. The van der Waals surface area contributed by atoms with E-state index in [2.05, 4.69) is 10.5 Å². The van der Waals surface area contributed by atoms with Crippen LogP contribution in [0.1, 0.15) is 15.2 Å². The van der Waals surface area contributed by atoms with Crippen LogP contribution in [0, 0.1) is 10.1 Å². The molecule has 0 unspecified atom stereocenters. The third-order valence-electron chi connectivity index (χ3n) is 4.61. The summed E-state index contributed by atoms with van der Waals surface area (Å²) in [4.78, 5) is 35.3. The largest absolute Gasteiger partial charge is 0.477 e. The van der Waals surface area contributed by atoms with E-state index in [-0.39, 0.29) is 17.2 Å². The Morgan fingerprint density at radius 3 is 2.66 bits per heavy atom. The second-order valence-corrected chi connectivity index (χ2v) is 8.44. The highest BCUT2D eigenvalue weighted by Crippen LogP contribution is 2.35. The number of thiophene rings is 1. The number of ether oxygens (including phenoxy) is 2. The fourth-order valence-electron chi connectivity index (χ4n) is 3.04. The Labute approximate surface area is 207 Å². The summed E-state index contributed by atoms with van der Waals surface area (Å²) in [6.45, 7) is -0.463. The van der Waals surface area contributed by atoms with Crippen LogP contribution < -0.4 is 14.9 Å². The van der Waals surface area contributed by atoms with Crippen molar-refractivity contribution in [1.29, 1.82) is 0 Å². The molecule has 9 nitrogen and oxygen atoms in total. The number of hydrogen-bond acceptors (Lipinski definition) is 8. The Balaban J connectivity index is 1.34. The number of amides is 1. The van der Waals surface area contributed by atoms with Crippen molar-refractivity contribution in [2.45, 2.75) is 0 Å². The van der Waals surface area contributed by atoms with Gasteiger partial charge in [-0.2, -0.15) is 5.10 Å². The van der Waals surface area contributed by atoms with Crippen LogP contribution >= 0.6 is 22.9 Å². The summed E-state index contributed by atoms with van der Waals surface area (Å²) in [6, 6.07) is 19.7. The molecule has 0 aliphatic carbocycles. The molecule has 0 bridgehead atoms. The van der Waals surface area contributed by atoms with Gasteiger partial charge < -0.3 is 9.47 Å². The number of halogens is 1. The fraction of sp³-hybridized carbons (Fsp3) is 0.0417. The number of benzene rings is 3. The zero-order chi connectivity index (χ0) is 24.8. The van der Waals surface area contributed by atoms with Crippen molar-refractivity contribution in [2.24, 2.45) is 5.10 Å². The van der Waals surface area contributed by atoms with Gasteiger partial charge in [-0.1, -0.05) is 54.1 Å². The van der Waals surface area contributed by atoms with Gasteiger partial charge in [-0.15, -0.1) is 11.3 Å². The van der Waals surface area contributed by atoms with Crippen LogP contribution in [0.4, 0.5) is 5.69 Å². The van der Waals surface area contributed by atoms with E-state index in [4.69, 9.17) is 21.1 Å². The Hall–Kier alpha value is -4.28. The molecule has 176 valence electrons. The summed E-state index contributed by atoms with van der Waals surface area (Å²) < 4.78 is 11.5. The average molecular weight is 510 g/mol. The molecule has 0 aliphatic rings. The van der Waals surface area contributed by atoms with Gasteiger partial charge in [0.1, 0.15) is 10.6 Å². The second kappa shape index (κ2) is 10.8. The summed E-state index contributed by atoms with van der Waals surface area (Å²) in [5, 5.41) is 16.0. The third kappa shape index (κ3) is 5.81. The summed E-state index contributed by atoms with van der Waals surface area (Å²) in [5.74, 6) is -0.935. The van der Waals surface area contributed by atoms with Gasteiger partial charge in [0.05, 0.1) is 16.2 Å². The Kier molecular flexibility index (Phi) is 7.34. The van der Waals surface area contributed by atoms with E-state index in [0.29, 0.717) is 15.5 Å². The molecule has 0 spiro atoms. The zero-order valence-corrected chi connectivity index (χ0v) is 19.4. The molecule has 0 fully saturated rings. The predicted molar refractivity (Wildman–Crippen MR) is 133 cm³/mol. The topological polar surface area (TPSA) is 120 Å². The first-order valence-corrected chi connectivity index (χ1v) is 11.3. The highest BCUT2D eigenvalue weighted by Gasteiger charge is 2.19. The normalized spacial score (nSPS) is 10.9. The number of carbonyl (C=O) groups excluding carboxylic acids is 2. The quantitative estimate of drug-likeness (QED) is 0.114. The molecule has 4 rings (SSSR count). The van der Waals surface area contributed by atoms with Gasteiger partial charge in [0.25, 0.3) is 5.91 Å². The van der Waals surface area contributed by atoms with Crippen molar-refractivity contribution in [3.8, 4) is 11.5 Å². The molecule has 0 aliphatic heterocycles. The maximum atomic E-state index is 12.6. The maximum Gasteiger partial charge on any atom is 0.355 e. The number of hydrazone groups is 1. The molecule has 1 aromatic heterocycles. The average Bonchev–Trinajstić information content (AvgIpc) is 3.20. The lowest BCUT2D eigenvalue weighted by atomic mass is 10.2. The Morgan fingerprint density at radius 1 is 1.09 bits per heavy atom. The van der Waals surface area contributed by atoms with Crippen LogP contribution in [0.25, 0.3) is 10.1 Å². The number of nitrogens with one attached hydrogen (secondary N) is 1. The molecule has 0 radical (unpaired) electrons. The van der Waals surface area contributed by atoms with Gasteiger partial charge in [0, 0.05) is 16.2 Å². The van der Waals surface area contributed by atoms with Crippen LogP contribution in [-0.2, 0) is 4.79 Å². The number of nitro benzene ring substituents is 1. The van der Waals surface area contributed by atoms with Crippen molar-refractivity contribution < 1.29 is 24.0 Å². The number of fused-ring (bicyclic) bond motifs is 1. The van der Waals surface area contributed by atoms with Crippen molar-refractivity contribution in [3.05, 3.63) is 98.4 Å². The summed E-state index contributed by atoms with van der Waals surface area (Å²) in [6.07, 6.45) is 1.35. The van der Waals surface area contributed by atoms with Gasteiger partial charge in [-0.3, -0.25) is 14.9 Å². The first-order valence-electron chi connectivity index (χ1n) is 10.1. The SMILES string of the molecule is O=C(COc1ccccc1[N+](=O)[O-])NN=Cc1cccc(OC(=O)c2sc3ccccc3c2Cl)c1. The van der Waals surface area contributed by atoms with Crippen LogP contribution in [0.15, 0.2) is 77.9 Å². The lowest BCUT2D eigenvalue weighted by Gasteiger charge is -2.05. The van der Waals surface area contributed by atoms with Crippen LogP contribution in [-0.4, -0.2) is 29.6 Å². The molecule has 11 heteroatoms. The molecule has 1 N–H and O–H groups in total. The van der Waals surface area contributed by atoms with Crippen molar-refractivity contribution in [2.75, 3.05) is 6.61 Å². The van der Waals surface area contributed by atoms with Crippen LogP contribution in [0.3, 0.4) is 0 Å². The number of esters is 1. The van der Waals surface area contributed by atoms with Gasteiger partial charge in [-0.25, -0.2) is 10.2 Å². The van der Waals surface area contributed by atoms with E-state index in [1.165, 1.54) is 35.8 Å². The summed E-state index contributed by atoms with van der Waals surface area (Å²) in [5.41, 5.74) is 2.58. The first-order chi connectivity index (χ1) is 16.9. The zero-order valence-electron chi connectivity index (χ0n) is 17.8. The van der Waals surface area contributed by atoms with Crippen molar-refractivity contribution >= 4 is 56.8 Å². The molecule has 0 saturated carbocycles. The highest BCUT2D eigenvalue weighted by molar-refractivity contribution is 7.21. The van der Waals surface area contributed by atoms with Crippen molar-refractivity contribution in [1.82, 2.24) is 5.43 Å². The minimum atomic E-state index is -0.610. The summed E-state index contributed by atoms with van der Waals surface area (Å²) >= 11 is 7.59. The number of para-hydroxylation sites is 2. The molecule has 1 heterocycles. The molecule has 3 aromatic carbocycles. The summed E-state index contributed by atoms with van der Waals surface area (Å²) in [7, 11) is 0. The van der Waals surface area contributed by atoms with E-state index >= 15 is 0 Å². The highest BCUT2D eigenvalue weighted by atomic mass is 35.5. The van der Waals surface area contributed by atoms with Crippen LogP contribution in [0.5, 0.6) is 11.5 Å². The molecule has 4 aromatic rings. The van der Waals surface area contributed by atoms with Gasteiger partial charge in [-0.05, 0) is 29.8 Å². The number of hydrogen-bond donors (Lipinski definition) is 1. The molecule has 0 atom stereocenters. The minimum absolute atomic E-state index is 0.0233. The van der Waals surface area contributed by atoms with Gasteiger partial charge >= 0.3 is 11.7 Å². The maximum absolute atomic E-state index is 12.6. The number of nitrogens with zero attached hydrogens (tertiary/aromatic N) is 2. The first kappa shape index (κ1) is 23.9. The smallest absolute Gasteiger partial charge is 0.355 e. The van der Waals surface area contributed by atoms with Gasteiger partial charge in [0.2, 0.25) is 0 Å². The van der Waals surface area contributed by atoms with Crippen molar-refractivity contribution in [3.63, 3.8) is 0 Å². The molecular formula is C24H16ClN3O6S. The molecule has 1 amide bonds. The number of carbonyl (C=O) groups is 2. The second-order valence-electron chi connectivity index (χ2n) is 7.01. The lowest BCUT2D eigenvalue weighted by molar-refractivity contribution is -0.385. The molecular weight excluding hydrogens is 494 g/mol. The molecule has 0 saturated heterocycles. The van der Waals surface area contributed by atoms with E-state index in [1.807, 2.05) is 24.3 Å². The van der Waals surface area contributed by atoms with Crippen LogP contribution in [0.2, 0.25) is 5.02 Å². The fourth-order valence-corrected chi connectivity index (χ4v) is 4.43. The third-order valence-corrected chi connectivity index (χ3v) is 6.27. The van der Waals surface area contributed by atoms with E-state index < -0.39 is 23.4 Å². The molecule has 35 heavy (non-hydrogen) atoms. The lowest BCUT2D eigenvalue weighted by Crippen LogP contribution is -2.24. The Morgan fingerprint density at radius 2 is 1.86 bits per heavy atom. The predicted octanol–water partition coefficient (Wildman–Crippen LogP) is 5.21. The Bertz CT molecular complexity index is 1450. The van der Waals surface area contributed by atoms with E-state index in [9.17, 15) is 19.7 Å². The minimum Gasteiger partial charge on any atom is -0.477 e. The standard InChI is InChI=1S/C24H16ClN3O6S/c25-22-17-8-1-4-11-20(17)35-23(22)24(30)34-16-7-5-6-15(12-16)13-26-27-21(29)14-33-19-10-3-2-9-18(19)28(31)32/h1-13H,14H2,(H,27,29). The van der Waals surface area contributed by atoms with E-state index in [0.717, 1.165) is 10.1 Å². The number of nitro groups is 1.